The van der Waals surface area contributed by atoms with E-state index in [-0.39, 0.29) is 5.91 Å². The third-order valence-electron chi connectivity index (χ3n) is 3.36. The highest BCUT2D eigenvalue weighted by atomic mass is 16.5. The van der Waals surface area contributed by atoms with Gasteiger partial charge in [-0.15, -0.1) is 0 Å². The van der Waals surface area contributed by atoms with Crippen molar-refractivity contribution in [2.24, 2.45) is 5.10 Å². The van der Waals surface area contributed by atoms with Crippen molar-refractivity contribution in [3.05, 3.63) is 29.8 Å². The molecule has 0 fully saturated rings. The Kier molecular flexibility index (Phi) is 5.59. The van der Waals surface area contributed by atoms with Crippen LogP contribution in [0, 0.1) is 0 Å². The van der Waals surface area contributed by atoms with Crippen molar-refractivity contribution in [3.8, 4) is 5.75 Å². The molecule has 1 aromatic rings. The summed E-state index contributed by atoms with van der Waals surface area (Å²) in [4.78, 5) is 11.0. The lowest BCUT2D eigenvalue weighted by Gasteiger charge is -2.12. The van der Waals surface area contributed by atoms with E-state index in [0.717, 1.165) is 30.1 Å². The van der Waals surface area contributed by atoms with Crippen LogP contribution in [0.2, 0.25) is 0 Å². The molecule has 1 N–H and O–H groups in total. The molecule has 1 aliphatic heterocycles. The summed E-state index contributed by atoms with van der Waals surface area (Å²) < 4.78 is 5.70. The fourth-order valence-electron chi connectivity index (χ4n) is 2.14. The number of rotatable bonds is 7. The summed E-state index contributed by atoms with van der Waals surface area (Å²) in [6.45, 7) is 2.98. The Morgan fingerprint density at radius 1 is 1.15 bits per heavy atom. The number of hydrogen-bond acceptors (Lipinski definition) is 3. The molecule has 0 bridgehead atoms. The Balaban J connectivity index is 1.82. The Morgan fingerprint density at radius 2 is 1.95 bits per heavy atom. The number of hydrogen-bond donors (Lipinski definition) is 1. The fraction of sp³-hybridized carbons (Fsp3) is 0.500. The zero-order valence-corrected chi connectivity index (χ0v) is 12.0. The molecule has 2 rings (SSSR count). The molecule has 1 heterocycles. The van der Waals surface area contributed by atoms with Gasteiger partial charge in [-0.3, -0.25) is 4.79 Å². The Hall–Kier alpha value is -1.84. The predicted molar refractivity (Wildman–Crippen MR) is 80.0 cm³/mol. The molecule has 4 nitrogen and oxygen atoms in total. The maximum atomic E-state index is 11.0. The highest BCUT2D eigenvalue weighted by molar-refractivity contribution is 6.04. The van der Waals surface area contributed by atoms with Crippen molar-refractivity contribution in [3.63, 3.8) is 0 Å². The molecular weight excluding hydrogens is 252 g/mol. The van der Waals surface area contributed by atoms with Crippen LogP contribution in [0.1, 0.15) is 51.0 Å². The molecular formula is C16H22N2O2. The normalized spacial score (nSPS) is 14.7. The predicted octanol–water partition coefficient (Wildman–Crippen LogP) is 3.26. The summed E-state index contributed by atoms with van der Waals surface area (Å²) in [5, 5.41) is 4.08. The molecule has 0 saturated heterocycles. The largest absolute Gasteiger partial charge is 0.494 e. The first-order valence-corrected chi connectivity index (χ1v) is 7.38. The number of hydrazone groups is 1. The summed E-state index contributed by atoms with van der Waals surface area (Å²) >= 11 is 0. The van der Waals surface area contributed by atoms with Crippen molar-refractivity contribution < 1.29 is 9.53 Å². The van der Waals surface area contributed by atoms with Crippen LogP contribution in [0.5, 0.6) is 5.75 Å². The van der Waals surface area contributed by atoms with Gasteiger partial charge in [0.05, 0.1) is 12.3 Å². The molecule has 1 amide bonds. The number of amides is 1. The second kappa shape index (κ2) is 7.68. The number of unbranched alkanes of at least 4 members (excludes halogenated alkanes) is 3. The van der Waals surface area contributed by atoms with Gasteiger partial charge >= 0.3 is 0 Å². The van der Waals surface area contributed by atoms with Gasteiger partial charge in [-0.1, -0.05) is 26.2 Å². The first-order valence-electron chi connectivity index (χ1n) is 7.38. The quantitative estimate of drug-likeness (QED) is 0.776. The zero-order chi connectivity index (χ0) is 14.2. The highest BCUT2D eigenvalue weighted by Crippen LogP contribution is 2.16. The van der Waals surface area contributed by atoms with Gasteiger partial charge in [0.25, 0.3) is 0 Å². The molecule has 0 atom stereocenters. The molecule has 0 spiro atoms. The molecule has 20 heavy (non-hydrogen) atoms. The number of carbonyl (C=O) groups is 1. The van der Waals surface area contributed by atoms with Gasteiger partial charge in [0.2, 0.25) is 5.91 Å². The minimum atomic E-state index is -0.0132. The SMILES string of the molecule is CCCCCCOc1ccc(C2=NNC(=O)CC2)cc1. The van der Waals surface area contributed by atoms with E-state index in [1.807, 2.05) is 24.3 Å². The van der Waals surface area contributed by atoms with Gasteiger partial charge in [0, 0.05) is 12.8 Å². The maximum absolute atomic E-state index is 11.0. The molecule has 0 unspecified atom stereocenters. The van der Waals surface area contributed by atoms with E-state index in [1.54, 1.807) is 0 Å². The first kappa shape index (κ1) is 14.6. The van der Waals surface area contributed by atoms with Crippen LogP contribution in [0.4, 0.5) is 0 Å². The van der Waals surface area contributed by atoms with E-state index in [1.165, 1.54) is 19.3 Å². The minimum absolute atomic E-state index is 0.0132. The van der Waals surface area contributed by atoms with Crippen LogP contribution in [0.3, 0.4) is 0 Å². The van der Waals surface area contributed by atoms with E-state index >= 15 is 0 Å². The van der Waals surface area contributed by atoms with Crippen molar-refractivity contribution >= 4 is 11.6 Å². The van der Waals surface area contributed by atoms with Crippen LogP contribution in [-0.4, -0.2) is 18.2 Å². The van der Waals surface area contributed by atoms with Gasteiger partial charge in [0.1, 0.15) is 5.75 Å². The Morgan fingerprint density at radius 3 is 2.60 bits per heavy atom. The van der Waals surface area contributed by atoms with Crippen molar-refractivity contribution in [2.45, 2.75) is 45.4 Å². The number of nitrogens with one attached hydrogen (secondary N) is 1. The van der Waals surface area contributed by atoms with E-state index < -0.39 is 0 Å². The molecule has 0 aliphatic carbocycles. The second-order valence-corrected chi connectivity index (χ2v) is 5.03. The molecule has 1 aromatic carbocycles. The van der Waals surface area contributed by atoms with Gasteiger partial charge in [0.15, 0.2) is 0 Å². The number of ether oxygens (including phenoxy) is 1. The van der Waals surface area contributed by atoms with Crippen molar-refractivity contribution in [1.29, 1.82) is 0 Å². The molecule has 0 radical (unpaired) electrons. The molecule has 0 aromatic heterocycles. The summed E-state index contributed by atoms with van der Waals surface area (Å²) in [5.41, 5.74) is 4.49. The van der Waals surface area contributed by atoms with Gasteiger partial charge < -0.3 is 4.74 Å². The van der Waals surface area contributed by atoms with Crippen molar-refractivity contribution in [2.75, 3.05) is 6.61 Å². The smallest absolute Gasteiger partial charge is 0.240 e. The van der Waals surface area contributed by atoms with Crippen LogP contribution < -0.4 is 10.2 Å². The number of carbonyl (C=O) groups excluding carboxylic acids is 1. The van der Waals surface area contributed by atoms with Crippen LogP contribution in [0.25, 0.3) is 0 Å². The standard InChI is InChI=1S/C16H22N2O2/c1-2-3-4-5-12-20-14-8-6-13(7-9-14)15-10-11-16(19)18-17-15/h6-9H,2-5,10-12H2,1H3,(H,18,19). The molecule has 4 heteroatoms. The van der Waals surface area contributed by atoms with Gasteiger partial charge in [-0.05, 0) is 36.2 Å². The summed E-state index contributed by atoms with van der Waals surface area (Å²) in [5.74, 6) is 0.881. The van der Waals surface area contributed by atoms with E-state index in [0.29, 0.717) is 12.8 Å². The van der Waals surface area contributed by atoms with Crippen LogP contribution in [0.15, 0.2) is 29.4 Å². The summed E-state index contributed by atoms with van der Waals surface area (Å²) in [6.07, 6.45) is 6.05. The monoisotopic (exact) mass is 274 g/mol. The Labute approximate surface area is 120 Å². The van der Waals surface area contributed by atoms with E-state index in [2.05, 4.69) is 17.5 Å². The average molecular weight is 274 g/mol. The maximum Gasteiger partial charge on any atom is 0.240 e. The topological polar surface area (TPSA) is 50.7 Å². The second-order valence-electron chi connectivity index (χ2n) is 5.03. The van der Waals surface area contributed by atoms with Gasteiger partial charge in [-0.2, -0.15) is 5.10 Å². The molecule has 1 aliphatic rings. The summed E-state index contributed by atoms with van der Waals surface area (Å²) in [7, 11) is 0. The summed E-state index contributed by atoms with van der Waals surface area (Å²) in [6, 6.07) is 7.93. The third-order valence-corrected chi connectivity index (χ3v) is 3.36. The fourth-order valence-corrected chi connectivity index (χ4v) is 2.14. The van der Waals surface area contributed by atoms with E-state index in [4.69, 9.17) is 4.74 Å². The third kappa shape index (κ3) is 4.37. The Bertz CT molecular complexity index is 466. The lowest BCUT2D eigenvalue weighted by Crippen LogP contribution is -2.25. The minimum Gasteiger partial charge on any atom is -0.494 e. The van der Waals surface area contributed by atoms with E-state index in [9.17, 15) is 4.79 Å². The highest BCUT2D eigenvalue weighted by Gasteiger charge is 2.12. The van der Waals surface area contributed by atoms with Crippen molar-refractivity contribution in [1.82, 2.24) is 5.43 Å². The van der Waals surface area contributed by atoms with Crippen LogP contribution >= 0.6 is 0 Å². The number of benzene rings is 1. The lowest BCUT2D eigenvalue weighted by atomic mass is 10.0. The zero-order valence-electron chi connectivity index (χ0n) is 12.0. The van der Waals surface area contributed by atoms with Crippen LogP contribution in [-0.2, 0) is 4.79 Å². The first-order chi connectivity index (χ1) is 9.79. The lowest BCUT2D eigenvalue weighted by molar-refractivity contribution is -0.121. The van der Waals surface area contributed by atoms with Gasteiger partial charge in [-0.25, -0.2) is 5.43 Å². The molecule has 0 saturated carbocycles. The molecule has 108 valence electrons. The number of nitrogens with zero attached hydrogens (tertiary/aromatic N) is 1. The average Bonchev–Trinajstić information content (AvgIpc) is 2.49.